The minimum Gasteiger partial charge on any atom is -0.496 e. The molecule has 8 heteroatoms. The van der Waals surface area contributed by atoms with E-state index in [4.69, 9.17) is 4.74 Å². The molecule has 3 fully saturated rings. The van der Waals surface area contributed by atoms with Crippen LogP contribution in [0.3, 0.4) is 0 Å². The number of nitrogens with zero attached hydrogens (tertiary/aromatic N) is 3. The van der Waals surface area contributed by atoms with Crippen molar-refractivity contribution >= 4 is 11.9 Å². The van der Waals surface area contributed by atoms with Crippen molar-refractivity contribution in [2.45, 2.75) is 103 Å². The number of carbonyl (C=O) groups excluding carboxylic acids is 1. The van der Waals surface area contributed by atoms with E-state index in [1.54, 1.807) is 12.0 Å². The maximum atomic E-state index is 14.4. The first kappa shape index (κ1) is 31.3. The smallest absolute Gasteiger partial charge is 0.326 e. The fraction of sp³-hybridized carbons (Fsp3) is 0.541. The van der Waals surface area contributed by atoms with Crippen molar-refractivity contribution in [3.8, 4) is 16.9 Å². The Morgan fingerprint density at radius 3 is 2.33 bits per heavy atom. The van der Waals surface area contributed by atoms with Crippen LogP contribution in [0, 0.1) is 17.3 Å². The van der Waals surface area contributed by atoms with Crippen LogP contribution in [-0.2, 0) is 16.1 Å². The highest BCUT2D eigenvalue weighted by molar-refractivity contribution is 5.87. The minimum atomic E-state index is -0.938. The fourth-order valence-electron chi connectivity index (χ4n) is 7.95. The highest BCUT2D eigenvalue weighted by Crippen LogP contribution is 2.49. The van der Waals surface area contributed by atoms with Crippen LogP contribution in [0.25, 0.3) is 11.1 Å². The van der Waals surface area contributed by atoms with E-state index in [0.717, 1.165) is 60.1 Å². The molecule has 0 spiro atoms. The average Bonchev–Trinajstić information content (AvgIpc) is 3.63. The summed E-state index contributed by atoms with van der Waals surface area (Å²) in [5.41, 5.74) is 3.68. The van der Waals surface area contributed by atoms with Crippen molar-refractivity contribution in [3.63, 3.8) is 0 Å². The molecule has 1 saturated heterocycles. The molecule has 240 valence electrons. The number of carboxylic acid groups (broad SMARTS) is 1. The molecule has 0 unspecified atom stereocenters. The van der Waals surface area contributed by atoms with E-state index in [2.05, 4.69) is 54.2 Å². The van der Waals surface area contributed by atoms with Crippen molar-refractivity contribution in [2.75, 3.05) is 7.11 Å². The van der Waals surface area contributed by atoms with Gasteiger partial charge in [-0.05, 0) is 60.8 Å². The lowest BCUT2D eigenvalue weighted by molar-refractivity contribution is -0.154. The summed E-state index contributed by atoms with van der Waals surface area (Å²) in [6.07, 6.45) is 12.5. The summed E-state index contributed by atoms with van der Waals surface area (Å²) in [4.78, 5) is 29.3. The summed E-state index contributed by atoms with van der Waals surface area (Å²) in [6, 6.07) is 15.0. The van der Waals surface area contributed by atoms with Gasteiger partial charge in [0.15, 0.2) is 0 Å². The number of ether oxygens (including phenoxy) is 1. The van der Waals surface area contributed by atoms with E-state index in [0.29, 0.717) is 12.6 Å². The quantitative estimate of drug-likeness (QED) is 0.270. The van der Waals surface area contributed by atoms with Crippen LogP contribution in [0.2, 0.25) is 0 Å². The van der Waals surface area contributed by atoms with Gasteiger partial charge in [0.2, 0.25) is 5.91 Å². The Labute approximate surface area is 267 Å². The number of amides is 1. The molecule has 45 heavy (non-hydrogen) atoms. The average molecular weight is 613 g/mol. The SMILES string of the molecule is COc1ccc(-c2cnn(C3CCC3)c2)cc1CN[C@H]1[C@H](C(C)(C)C)[C@@H](C(=O)O)N(C(=O)C2CCCCC2)[C@H]1c1ccccc1. The van der Waals surface area contributed by atoms with Gasteiger partial charge < -0.3 is 20.1 Å². The molecular weight excluding hydrogens is 564 g/mol. The van der Waals surface area contributed by atoms with E-state index < -0.39 is 23.5 Å². The number of nitrogens with one attached hydrogen (secondary N) is 1. The van der Waals surface area contributed by atoms with E-state index in [-0.39, 0.29) is 23.8 Å². The van der Waals surface area contributed by atoms with Gasteiger partial charge in [-0.15, -0.1) is 0 Å². The molecule has 6 rings (SSSR count). The number of hydrogen-bond donors (Lipinski definition) is 2. The summed E-state index contributed by atoms with van der Waals surface area (Å²) in [5, 5.41) is 19.2. The maximum Gasteiger partial charge on any atom is 0.326 e. The summed E-state index contributed by atoms with van der Waals surface area (Å²) >= 11 is 0. The lowest BCUT2D eigenvalue weighted by Gasteiger charge is -2.36. The van der Waals surface area contributed by atoms with Crippen LogP contribution >= 0.6 is 0 Å². The molecule has 8 nitrogen and oxygen atoms in total. The van der Waals surface area contributed by atoms with Gasteiger partial charge in [-0.1, -0.05) is 76.4 Å². The molecule has 2 N–H and O–H groups in total. The lowest BCUT2D eigenvalue weighted by Crippen LogP contribution is -2.49. The van der Waals surface area contributed by atoms with Crippen molar-refractivity contribution in [1.29, 1.82) is 0 Å². The first-order chi connectivity index (χ1) is 21.7. The molecule has 1 amide bonds. The number of carbonyl (C=O) groups is 2. The summed E-state index contributed by atoms with van der Waals surface area (Å²) in [6.45, 7) is 6.76. The zero-order chi connectivity index (χ0) is 31.7. The van der Waals surface area contributed by atoms with Gasteiger partial charge in [0.25, 0.3) is 0 Å². The minimum absolute atomic E-state index is 0.0162. The van der Waals surface area contributed by atoms with E-state index in [1.165, 1.54) is 19.3 Å². The summed E-state index contributed by atoms with van der Waals surface area (Å²) in [5.74, 6) is -0.652. The first-order valence-corrected chi connectivity index (χ1v) is 16.7. The number of likely N-dealkylation sites (tertiary alicyclic amines) is 1. The zero-order valence-electron chi connectivity index (χ0n) is 27.1. The van der Waals surface area contributed by atoms with E-state index in [1.807, 2.05) is 42.6 Å². The molecule has 1 aliphatic heterocycles. The Balaban J connectivity index is 1.37. The van der Waals surface area contributed by atoms with Gasteiger partial charge in [0.1, 0.15) is 11.8 Å². The number of carboxylic acids is 1. The molecule has 1 aromatic heterocycles. The molecule has 2 aromatic carbocycles. The molecule has 0 radical (unpaired) electrons. The number of aliphatic carboxylic acids is 1. The maximum absolute atomic E-state index is 14.4. The highest BCUT2D eigenvalue weighted by atomic mass is 16.5. The van der Waals surface area contributed by atoms with Crippen LogP contribution in [-0.4, -0.2) is 50.9 Å². The van der Waals surface area contributed by atoms with Crippen molar-refractivity contribution in [1.82, 2.24) is 20.0 Å². The second-order valence-corrected chi connectivity index (χ2v) is 14.3. The number of methoxy groups -OCH3 is 1. The van der Waals surface area contributed by atoms with Crippen molar-refractivity contribution < 1.29 is 19.4 Å². The Bertz CT molecular complexity index is 1490. The molecule has 2 heterocycles. The Morgan fingerprint density at radius 2 is 1.71 bits per heavy atom. The van der Waals surface area contributed by atoms with Crippen LogP contribution in [0.15, 0.2) is 60.9 Å². The van der Waals surface area contributed by atoms with Gasteiger partial charge in [-0.25, -0.2) is 4.79 Å². The van der Waals surface area contributed by atoms with Crippen LogP contribution in [0.1, 0.15) is 95.3 Å². The van der Waals surface area contributed by atoms with Crippen LogP contribution in [0.5, 0.6) is 5.75 Å². The zero-order valence-corrected chi connectivity index (χ0v) is 27.1. The molecule has 0 bridgehead atoms. The standard InChI is InChI=1S/C37H48N4O4/c1-37(2,3)31-32(38-21-27-20-26(18-19-30(27)45-4)28-22-39-40(23-28)29-16-11-17-29)33(24-12-7-5-8-13-24)41(34(31)36(43)44)35(42)25-14-9-6-10-15-25/h5,7-8,12-13,18-20,22-23,25,29,31-34,38H,6,9-11,14-17,21H2,1-4H3,(H,43,44)/t31-,32-,33-,34-/m0/s1. The molecule has 3 aromatic rings. The molecule has 2 saturated carbocycles. The molecular formula is C37H48N4O4. The second-order valence-electron chi connectivity index (χ2n) is 14.3. The summed E-state index contributed by atoms with van der Waals surface area (Å²) in [7, 11) is 1.68. The summed E-state index contributed by atoms with van der Waals surface area (Å²) < 4.78 is 7.89. The van der Waals surface area contributed by atoms with E-state index >= 15 is 0 Å². The van der Waals surface area contributed by atoms with E-state index in [9.17, 15) is 14.7 Å². The van der Waals surface area contributed by atoms with Gasteiger partial charge in [-0.2, -0.15) is 5.10 Å². The number of rotatable bonds is 9. The monoisotopic (exact) mass is 612 g/mol. The normalized spacial score (nSPS) is 24.4. The van der Waals surface area contributed by atoms with Crippen molar-refractivity contribution in [3.05, 3.63) is 72.1 Å². The number of benzene rings is 2. The van der Waals surface area contributed by atoms with Crippen molar-refractivity contribution in [2.24, 2.45) is 17.3 Å². The largest absolute Gasteiger partial charge is 0.496 e. The lowest BCUT2D eigenvalue weighted by atomic mass is 9.72. The Morgan fingerprint density at radius 1 is 0.978 bits per heavy atom. The molecule has 4 atom stereocenters. The third-order valence-corrected chi connectivity index (χ3v) is 10.5. The Hall–Kier alpha value is -3.65. The van der Waals surface area contributed by atoms with Gasteiger partial charge in [0, 0.05) is 41.7 Å². The highest BCUT2D eigenvalue weighted by Gasteiger charge is 2.58. The van der Waals surface area contributed by atoms with Crippen LogP contribution in [0.4, 0.5) is 0 Å². The third-order valence-electron chi connectivity index (χ3n) is 10.5. The van der Waals surface area contributed by atoms with Gasteiger partial charge >= 0.3 is 5.97 Å². The molecule has 3 aliphatic rings. The van der Waals surface area contributed by atoms with Gasteiger partial charge in [-0.3, -0.25) is 9.48 Å². The fourth-order valence-corrected chi connectivity index (χ4v) is 7.95. The molecule has 2 aliphatic carbocycles. The Kier molecular flexibility index (Phi) is 9.05. The van der Waals surface area contributed by atoms with Crippen LogP contribution < -0.4 is 10.1 Å². The predicted octanol–water partition coefficient (Wildman–Crippen LogP) is 7.02. The third kappa shape index (κ3) is 6.26. The predicted molar refractivity (Wildman–Crippen MR) is 175 cm³/mol. The number of aromatic nitrogens is 2. The number of hydrogen-bond acceptors (Lipinski definition) is 5. The topological polar surface area (TPSA) is 96.7 Å². The van der Waals surface area contributed by atoms with Gasteiger partial charge in [0.05, 0.1) is 25.4 Å². The first-order valence-electron chi connectivity index (χ1n) is 16.7. The second kappa shape index (κ2) is 13.0.